The molecular weight excluding hydrogens is 208 g/mol. The summed E-state index contributed by atoms with van der Waals surface area (Å²) in [6, 6.07) is 0. The standard InChI is InChI=1S/C15H32N2/c1-4-6-7-13-17(3)14-8-10-15(9-5-2)11-12-16/h4,15H,1,5-14,16H2,2-3H3. The Bertz CT molecular complexity index is 162. The maximum atomic E-state index is 5.65. The smallest absolute Gasteiger partial charge is 0.00188 e. The zero-order valence-electron chi connectivity index (χ0n) is 12.0. The second kappa shape index (κ2) is 12.1. The molecule has 0 aromatic rings. The van der Waals surface area contributed by atoms with Gasteiger partial charge in [-0.3, -0.25) is 0 Å². The van der Waals surface area contributed by atoms with E-state index in [0.717, 1.165) is 18.9 Å². The molecule has 0 aromatic heterocycles. The molecule has 0 aliphatic heterocycles. The van der Waals surface area contributed by atoms with Crippen LogP contribution in [0.2, 0.25) is 0 Å². The maximum absolute atomic E-state index is 5.65. The maximum Gasteiger partial charge on any atom is -0.00188 e. The molecule has 2 nitrogen and oxygen atoms in total. The van der Waals surface area contributed by atoms with Crippen molar-refractivity contribution in [1.29, 1.82) is 0 Å². The van der Waals surface area contributed by atoms with Gasteiger partial charge in [0, 0.05) is 0 Å². The lowest BCUT2D eigenvalue weighted by atomic mass is 9.94. The average Bonchev–Trinajstić information content (AvgIpc) is 2.30. The van der Waals surface area contributed by atoms with E-state index in [1.807, 2.05) is 6.08 Å². The minimum Gasteiger partial charge on any atom is -0.330 e. The van der Waals surface area contributed by atoms with E-state index in [1.54, 1.807) is 0 Å². The Labute approximate surface area is 108 Å². The van der Waals surface area contributed by atoms with Crippen molar-refractivity contribution in [2.75, 3.05) is 26.7 Å². The van der Waals surface area contributed by atoms with Gasteiger partial charge in [0.2, 0.25) is 0 Å². The molecule has 1 unspecified atom stereocenters. The highest BCUT2D eigenvalue weighted by Crippen LogP contribution is 2.17. The highest BCUT2D eigenvalue weighted by atomic mass is 15.1. The van der Waals surface area contributed by atoms with E-state index in [2.05, 4.69) is 25.5 Å². The first-order chi connectivity index (χ1) is 8.24. The van der Waals surface area contributed by atoms with Crippen molar-refractivity contribution in [2.24, 2.45) is 11.7 Å². The summed E-state index contributed by atoms with van der Waals surface area (Å²) in [5.41, 5.74) is 5.65. The molecule has 0 saturated carbocycles. The Morgan fingerprint density at radius 1 is 1.18 bits per heavy atom. The molecule has 0 radical (unpaired) electrons. The van der Waals surface area contributed by atoms with Crippen LogP contribution in [0, 0.1) is 5.92 Å². The summed E-state index contributed by atoms with van der Waals surface area (Å²) in [7, 11) is 2.22. The van der Waals surface area contributed by atoms with Gasteiger partial charge < -0.3 is 10.6 Å². The first kappa shape index (κ1) is 16.7. The van der Waals surface area contributed by atoms with Gasteiger partial charge in [-0.05, 0) is 64.7 Å². The van der Waals surface area contributed by atoms with Crippen LogP contribution in [0.4, 0.5) is 0 Å². The van der Waals surface area contributed by atoms with Crippen LogP contribution in [-0.4, -0.2) is 31.6 Å². The summed E-state index contributed by atoms with van der Waals surface area (Å²) in [6.45, 7) is 9.29. The SMILES string of the molecule is C=CCCCN(C)CCCC(CCC)CCN. The number of nitrogens with zero attached hydrogens (tertiary/aromatic N) is 1. The molecule has 0 bridgehead atoms. The van der Waals surface area contributed by atoms with E-state index >= 15 is 0 Å². The lowest BCUT2D eigenvalue weighted by Crippen LogP contribution is -2.21. The number of rotatable bonds is 12. The van der Waals surface area contributed by atoms with Gasteiger partial charge in [-0.15, -0.1) is 6.58 Å². The number of hydrogen-bond acceptors (Lipinski definition) is 2. The Kier molecular flexibility index (Phi) is 11.9. The van der Waals surface area contributed by atoms with E-state index in [1.165, 1.54) is 51.6 Å². The van der Waals surface area contributed by atoms with Crippen molar-refractivity contribution in [2.45, 2.75) is 51.9 Å². The van der Waals surface area contributed by atoms with Gasteiger partial charge in [0.25, 0.3) is 0 Å². The number of nitrogens with two attached hydrogens (primary N) is 1. The van der Waals surface area contributed by atoms with Crippen LogP contribution in [0.1, 0.15) is 51.9 Å². The molecule has 0 aromatic carbocycles. The van der Waals surface area contributed by atoms with Crippen LogP contribution in [0.3, 0.4) is 0 Å². The Hall–Kier alpha value is -0.340. The third-order valence-corrected chi connectivity index (χ3v) is 3.37. The van der Waals surface area contributed by atoms with E-state index in [0.29, 0.717) is 0 Å². The fourth-order valence-corrected chi connectivity index (χ4v) is 2.34. The van der Waals surface area contributed by atoms with Gasteiger partial charge >= 0.3 is 0 Å². The Morgan fingerprint density at radius 3 is 2.47 bits per heavy atom. The van der Waals surface area contributed by atoms with Gasteiger partial charge in [-0.1, -0.05) is 25.8 Å². The molecule has 0 spiro atoms. The van der Waals surface area contributed by atoms with E-state index in [4.69, 9.17) is 5.73 Å². The van der Waals surface area contributed by atoms with Crippen molar-refractivity contribution in [3.8, 4) is 0 Å². The molecule has 17 heavy (non-hydrogen) atoms. The molecule has 0 aliphatic carbocycles. The summed E-state index contributed by atoms with van der Waals surface area (Å²) in [6.07, 6.45) is 10.9. The van der Waals surface area contributed by atoms with Crippen molar-refractivity contribution >= 4 is 0 Å². The highest BCUT2D eigenvalue weighted by Gasteiger charge is 2.07. The summed E-state index contributed by atoms with van der Waals surface area (Å²) in [5, 5.41) is 0. The molecule has 0 saturated heterocycles. The van der Waals surface area contributed by atoms with Gasteiger partial charge in [-0.25, -0.2) is 0 Å². The average molecular weight is 240 g/mol. The molecule has 0 aliphatic rings. The monoisotopic (exact) mass is 240 g/mol. The molecule has 102 valence electrons. The second-order valence-electron chi connectivity index (χ2n) is 5.11. The molecule has 0 amide bonds. The van der Waals surface area contributed by atoms with Crippen molar-refractivity contribution in [1.82, 2.24) is 4.90 Å². The summed E-state index contributed by atoms with van der Waals surface area (Å²) >= 11 is 0. The minimum absolute atomic E-state index is 0.847. The highest BCUT2D eigenvalue weighted by molar-refractivity contribution is 4.67. The van der Waals surface area contributed by atoms with Gasteiger partial charge in [0.1, 0.15) is 0 Å². The molecule has 0 fully saturated rings. The number of unbranched alkanes of at least 4 members (excludes halogenated alkanes) is 1. The Balaban J connectivity index is 3.53. The Morgan fingerprint density at radius 2 is 1.88 bits per heavy atom. The number of allylic oxidation sites excluding steroid dienone is 1. The van der Waals surface area contributed by atoms with Gasteiger partial charge in [0.05, 0.1) is 0 Å². The fourth-order valence-electron chi connectivity index (χ4n) is 2.34. The summed E-state index contributed by atoms with van der Waals surface area (Å²) in [5.74, 6) is 0.853. The third kappa shape index (κ3) is 10.5. The van der Waals surface area contributed by atoms with Gasteiger partial charge in [0.15, 0.2) is 0 Å². The zero-order chi connectivity index (χ0) is 12.9. The molecule has 1 atom stereocenters. The van der Waals surface area contributed by atoms with E-state index in [-0.39, 0.29) is 0 Å². The number of hydrogen-bond donors (Lipinski definition) is 1. The van der Waals surface area contributed by atoms with E-state index < -0.39 is 0 Å². The molecular formula is C15H32N2. The first-order valence-electron chi connectivity index (χ1n) is 7.24. The van der Waals surface area contributed by atoms with Crippen molar-refractivity contribution < 1.29 is 0 Å². The normalized spacial score (nSPS) is 12.9. The van der Waals surface area contributed by atoms with Crippen LogP contribution in [0.25, 0.3) is 0 Å². The lowest BCUT2D eigenvalue weighted by Gasteiger charge is -2.19. The molecule has 2 heteroatoms. The topological polar surface area (TPSA) is 29.3 Å². The second-order valence-corrected chi connectivity index (χ2v) is 5.11. The predicted octanol–water partition coefficient (Wildman–Crippen LogP) is 3.43. The lowest BCUT2D eigenvalue weighted by molar-refractivity contribution is 0.301. The van der Waals surface area contributed by atoms with Gasteiger partial charge in [-0.2, -0.15) is 0 Å². The van der Waals surface area contributed by atoms with Crippen molar-refractivity contribution in [3.63, 3.8) is 0 Å². The molecule has 0 heterocycles. The van der Waals surface area contributed by atoms with E-state index in [9.17, 15) is 0 Å². The molecule has 0 rings (SSSR count). The third-order valence-electron chi connectivity index (χ3n) is 3.37. The van der Waals surface area contributed by atoms with Crippen LogP contribution in [0.15, 0.2) is 12.7 Å². The fraction of sp³-hybridized carbons (Fsp3) is 0.867. The quantitative estimate of drug-likeness (QED) is 0.418. The van der Waals surface area contributed by atoms with Crippen LogP contribution in [0.5, 0.6) is 0 Å². The first-order valence-corrected chi connectivity index (χ1v) is 7.24. The summed E-state index contributed by atoms with van der Waals surface area (Å²) in [4.78, 5) is 2.44. The zero-order valence-corrected chi connectivity index (χ0v) is 12.0. The largest absolute Gasteiger partial charge is 0.330 e. The summed E-state index contributed by atoms with van der Waals surface area (Å²) < 4.78 is 0. The van der Waals surface area contributed by atoms with Crippen molar-refractivity contribution in [3.05, 3.63) is 12.7 Å². The van der Waals surface area contributed by atoms with Crippen LogP contribution in [-0.2, 0) is 0 Å². The molecule has 2 N–H and O–H groups in total. The van der Waals surface area contributed by atoms with Crippen LogP contribution >= 0.6 is 0 Å². The van der Waals surface area contributed by atoms with Crippen LogP contribution < -0.4 is 5.73 Å². The predicted molar refractivity (Wildman–Crippen MR) is 78.2 cm³/mol. The minimum atomic E-state index is 0.847.